The first kappa shape index (κ1) is 20.0. The number of carbonyl (C=O) groups excluding carboxylic acids is 1. The summed E-state index contributed by atoms with van der Waals surface area (Å²) in [5.74, 6) is 0.925. The zero-order valence-electron chi connectivity index (χ0n) is 15.5. The largest absolute Gasteiger partial charge is 0.325 e. The number of aryl methyl sites for hydroxylation is 1. The molecule has 0 spiro atoms. The summed E-state index contributed by atoms with van der Waals surface area (Å²) in [7, 11) is 0. The number of benzene rings is 2. The van der Waals surface area contributed by atoms with E-state index in [2.05, 4.69) is 15.5 Å². The third-order valence-electron chi connectivity index (χ3n) is 4.03. The maximum atomic E-state index is 12.4. The van der Waals surface area contributed by atoms with Gasteiger partial charge in [0.05, 0.1) is 5.75 Å². The van der Waals surface area contributed by atoms with Gasteiger partial charge in [-0.2, -0.15) is 5.26 Å². The van der Waals surface area contributed by atoms with Gasteiger partial charge in [-0.25, -0.2) is 0 Å². The first-order valence-electron chi connectivity index (χ1n) is 8.70. The molecule has 6 nitrogen and oxygen atoms in total. The van der Waals surface area contributed by atoms with Gasteiger partial charge < -0.3 is 9.88 Å². The number of nitrogens with one attached hydrogen (secondary N) is 1. The molecule has 0 atom stereocenters. The number of nitriles is 1. The topological polar surface area (TPSA) is 83.6 Å². The van der Waals surface area contributed by atoms with Crippen LogP contribution in [0, 0.1) is 17.6 Å². The fraction of sp³-hybridized carbons (Fsp3) is 0.200. The van der Waals surface area contributed by atoms with Crippen LogP contribution in [0.4, 0.5) is 5.69 Å². The van der Waals surface area contributed by atoms with Crippen molar-refractivity contribution in [2.75, 3.05) is 11.1 Å². The van der Waals surface area contributed by atoms with Crippen LogP contribution in [0.1, 0.15) is 12.5 Å². The predicted molar refractivity (Wildman–Crippen MR) is 113 cm³/mol. The van der Waals surface area contributed by atoms with Gasteiger partial charge in [-0.15, -0.1) is 10.2 Å². The molecule has 1 amide bonds. The second-order valence-corrected chi connectivity index (χ2v) is 7.72. The second-order valence-electron chi connectivity index (χ2n) is 5.92. The molecule has 2 aromatic carbocycles. The number of anilines is 1. The van der Waals surface area contributed by atoms with Crippen LogP contribution in [0.3, 0.4) is 0 Å². The van der Waals surface area contributed by atoms with E-state index >= 15 is 0 Å². The van der Waals surface area contributed by atoms with Crippen LogP contribution < -0.4 is 5.32 Å². The first-order chi connectivity index (χ1) is 13.6. The van der Waals surface area contributed by atoms with Gasteiger partial charge in [0.25, 0.3) is 0 Å². The molecule has 0 bridgehead atoms. The summed E-state index contributed by atoms with van der Waals surface area (Å²) in [6.45, 7) is 4.66. The number of nitrogens with zero attached hydrogens (tertiary/aromatic N) is 4. The maximum Gasteiger partial charge on any atom is 0.234 e. The Morgan fingerprint density at radius 3 is 2.68 bits per heavy atom. The summed E-state index contributed by atoms with van der Waals surface area (Å²) in [5, 5.41) is 23.0. The highest BCUT2D eigenvalue weighted by atomic mass is 32.2. The average molecular weight is 410 g/mol. The minimum atomic E-state index is -0.110. The predicted octanol–water partition coefficient (Wildman–Crippen LogP) is 4.58. The molecular weight excluding hydrogens is 390 g/mol. The number of amides is 1. The van der Waals surface area contributed by atoms with Crippen molar-refractivity contribution in [3.63, 3.8) is 0 Å². The molecule has 1 heterocycles. The lowest BCUT2D eigenvalue weighted by Gasteiger charge is -2.10. The van der Waals surface area contributed by atoms with Gasteiger partial charge in [0.1, 0.15) is 5.40 Å². The van der Waals surface area contributed by atoms with Gasteiger partial charge >= 0.3 is 0 Å². The number of thiocyanates is 1. The van der Waals surface area contributed by atoms with Gasteiger partial charge in [0.2, 0.25) is 5.91 Å². The van der Waals surface area contributed by atoms with E-state index in [9.17, 15) is 4.79 Å². The molecule has 3 rings (SSSR count). The van der Waals surface area contributed by atoms with Crippen LogP contribution in [0.2, 0.25) is 0 Å². The normalized spacial score (nSPS) is 10.5. The minimum Gasteiger partial charge on any atom is -0.325 e. The summed E-state index contributed by atoms with van der Waals surface area (Å²) < 4.78 is 2.01. The summed E-state index contributed by atoms with van der Waals surface area (Å²) in [5.41, 5.74) is 2.66. The molecule has 142 valence electrons. The van der Waals surface area contributed by atoms with E-state index in [1.54, 1.807) is 0 Å². The fourth-order valence-electron chi connectivity index (χ4n) is 2.69. The number of carbonyl (C=O) groups is 1. The second kappa shape index (κ2) is 9.44. The van der Waals surface area contributed by atoms with E-state index in [0.717, 1.165) is 45.8 Å². The lowest BCUT2D eigenvalue weighted by molar-refractivity contribution is -0.113. The van der Waals surface area contributed by atoms with E-state index in [-0.39, 0.29) is 11.7 Å². The monoisotopic (exact) mass is 409 g/mol. The highest BCUT2D eigenvalue weighted by Gasteiger charge is 2.15. The standard InChI is InChI=1S/C20H19N5OS2/c1-3-25-19(15-7-5-4-6-8-15)23-24-20(25)27-12-18(26)22-17-10-9-16(28-13-21)11-14(17)2/h4-11H,3,12H2,1-2H3,(H,22,26). The fourth-order valence-corrected chi connectivity index (χ4v) is 3.97. The molecule has 0 fully saturated rings. The molecule has 8 heteroatoms. The third kappa shape index (κ3) is 4.74. The van der Waals surface area contributed by atoms with Gasteiger partial charge in [-0.1, -0.05) is 42.1 Å². The van der Waals surface area contributed by atoms with Crippen LogP contribution in [-0.4, -0.2) is 26.4 Å². The highest BCUT2D eigenvalue weighted by molar-refractivity contribution is 8.03. The molecule has 0 aliphatic rings. The van der Waals surface area contributed by atoms with Crippen molar-refractivity contribution >= 4 is 35.1 Å². The number of thioether (sulfide) groups is 2. The summed E-state index contributed by atoms with van der Waals surface area (Å²) in [6.07, 6.45) is 0. The highest BCUT2D eigenvalue weighted by Crippen LogP contribution is 2.25. The molecule has 0 saturated heterocycles. The van der Waals surface area contributed by atoms with Crippen LogP contribution in [0.25, 0.3) is 11.4 Å². The van der Waals surface area contributed by atoms with E-state index in [4.69, 9.17) is 5.26 Å². The maximum absolute atomic E-state index is 12.4. The van der Waals surface area contributed by atoms with Gasteiger partial charge in [0, 0.05) is 22.7 Å². The zero-order chi connectivity index (χ0) is 19.9. The molecule has 0 radical (unpaired) electrons. The Hall–Kier alpha value is -2.76. The lowest BCUT2D eigenvalue weighted by atomic mass is 10.2. The van der Waals surface area contributed by atoms with Gasteiger partial charge in [-0.05, 0) is 49.4 Å². The number of hydrogen-bond donors (Lipinski definition) is 1. The van der Waals surface area contributed by atoms with Crippen molar-refractivity contribution in [3.05, 3.63) is 54.1 Å². The minimum absolute atomic E-state index is 0.110. The number of aromatic nitrogens is 3. The zero-order valence-corrected chi connectivity index (χ0v) is 17.2. The molecule has 1 N–H and O–H groups in total. The molecule has 0 saturated carbocycles. The van der Waals surface area contributed by atoms with Crippen molar-refractivity contribution in [3.8, 4) is 16.8 Å². The number of rotatable bonds is 7. The summed E-state index contributed by atoms with van der Waals surface area (Å²) in [6, 6.07) is 15.4. The van der Waals surface area contributed by atoms with Crippen molar-refractivity contribution in [1.82, 2.24) is 14.8 Å². The molecule has 0 aliphatic carbocycles. The molecule has 0 unspecified atom stereocenters. The quantitative estimate of drug-likeness (QED) is 0.454. The van der Waals surface area contributed by atoms with Crippen LogP contribution in [0.5, 0.6) is 0 Å². The van der Waals surface area contributed by atoms with Crippen LogP contribution in [0.15, 0.2) is 58.6 Å². The first-order valence-corrected chi connectivity index (χ1v) is 10.5. The molecule has 28 heavy (non-hydrogen) atoms. The van der Waals surface area contributed by atoms with Crippen molar-refractivity contribution in [1.29, 1.82) is 5.26 Å². The van der Waals surface area contributed by atoms with Gasteiger partial charge in [0.15, 0.2) is 11.0 Å². The lowest BCUT2D eigenvalue weighted by Crippen LogP contribution is -2.15. The van der Waals surface area contributed by atoms with E-state index in [0.29, 0.717) is 5.16 Å². The third-order valence-corrected chi connectivity index (χ3v) is 5.58. The molecular formula is C20H19N5OS2. The Labute approximate surface area is 172 Å². The van der Waals surface area contributed by atoms with E-state index in [1.807, 2.05) is 72.3 Å². The Balaban J connectivity index is 1.65. The number of hydrogen-bond acceptors (Lipinski definition) is 6. The van der Waals surface area contributed by atoms with Crippen LogP contribution in [-0.2, 0) is 11.3 Å². The van der Waals surface area contributed by atoms with Crippen molar-refractivity contribution < 1.29 is 4.79 Å². The molecule has 3 aromatic rings. The van der Waals surface area contributed by atoms with E-state index in [1.165, 1.54) is 11.8 Å². The average Bonchev–Trinajstić information content (AvgIpc) is 3.12. The van der Waals surface area contributed by atoms with Gasteiger partial charge in [-0.3, -0.25) is 4.79 Å². The Kier molecular flexibility index (Phi) is 6.74. The smallest absolute Gasteiger partial charge is 0.234 e. The Morgan fingerprint density at radius 1 is 1.21 bits per heavy atom. The Morgan fingerprint density at radius 2 is 2.00 bits per heavy atom. The SMILES string of the molecule is CCn1c(SCC(=O)Nc2ccc(SC#N)cc2C)nnc1-c1ccccc1. The summed E-state index contributed by atoms with van der Waals surface area (Å²) >= 11 is 2.46. The molecule has 0 aliphatic heterocycles. The van der Waals surface area contributed by atoms with Crippen molar-refractivity contribution in [2.24, 2.45) is 0 Å². The van der Waals surface area contributed by atoms with E-state index < -0.39 is 0 Å². The van der Waals surface area contributed by atoms with Crippen LogP contribution >= 0.6 is 23.5 Å². The summed E-state index contributed by atoms with van der Waals surface area (Å²) in [4.78, 5) is 13.2. The Bertz CT molecular complexity index is 1010. The molecule has 1 aromatic heterocycles. The van der Waals surface area contributed by atoms with Crippen molar-refractivity contribution in [2.45, 2.75) is 30.4 Å².